The molecule has 2 rings (SSSR count). The normalized spacial score (nSPS) is 18.8. The highest BCUT2D eigenvalue weighted by Gasteiger charge is 2.21. The van der Waals surface area contributed by atoms with E-state index in [-0.39, 0.29) is 18.8 Å². The summed E-state index contributed by atoms with van der Waals surface area (Å²) in [6.07, 6.45) is 1.29. The Bertz CT molecular complexity index is 401. The summed E-state index contributed by atoms with van der Waals surface area (Å²) in [5.41, 5.74) is 1.13. The van der Waals surface area contributed by atoms with Crippen molar-refractivity contribution in [1.82, 2.24) is 10.2 Å². The minimum Gasteiger partial charge on any atom is -0.491 e. The number of nitrogens with one attached hydrogen (secondary N) is 1. The maximum Gasteiger partial charge on any atom is 0.120 e. The summed E-state index contributed by atoms with van der Waals surface area (Å²) in [5.74, 6) is 0.879. The number of aliphatic hydroxyl groups excluding tert-OH is 1. The van der Waals surface area contributed by atoms with Gasteiger partial charge in [0.15, 0.2) is 0 Å². The predicted octanol–water partition coefficient (Wildman–Crippen LogP) is 1.80. The van der Waals surface area contributed by atoms with E-state index in [1.54, 1.807) is 0 Å². The van der Waals surface area contributed by atoms with Crippen LogP contribution in [0, 0.1) is 0 Å². The summed E-state index contributed by atoms with van der Waals surface area (Å²) in [6.45, 7) is 8.23. The Morgan fingerprint density at radius 2 is 2.15 bits per heavy atom. The number of hydrogen-bond acceptors (Lipinski definition) is 4. The molecule has 1 atom stereocenters. The van der Waals surface area contributed by atoms with Crippen LogP contribution >= 0.6 is 0 Å². The molecule has 0 aliphatic carbocycles. The van der Waals surface area contributed by atoms with E-state index in [0.717, 1.165) is 43.9 Å². The molecule has 1 aromatic rings. The van der Waals surface area contributed by atoms with Gasteiger partial charge in [0, 0.05) is 19.6 Å². The van der Waals surface area contributed by atoms with E-state index in [1.165, 1.54) is 0 Å². The molecule has 0 radical (unpaired) electrons. The predicted molar refractivity (Wildman–Crippen MR) is 81.1 cm³/mol. The maximum atomic E-state index is 9.79. The maximum absolute atomic E-state index is 9.79. The third-order valence-electron chi connectivity index (χ3n) is 3.60. The molecule has 20 heavy (non-hydrogen) atoms. The highest BCUT2D eigenvalue weighted by molar-refractivity contribution is 5.31. The minimum atomic E-state index is 0.0608. The van der Waals surface area contributed by atoms with Crippen LogP contribution in [0.3, 0.4) is 0 Å². The highest BCUT2D eigenvalue weighted by Crippen LogP contribution is 2.25. The van der Waals surface area contributed by atoms with E-state index >= 15 is 0 Å². The van der Waals surface area contributed by atoms with Crippen LogP contribution in [-0.4, -0.2) is 48.9 Å². The van der Waals surface area contributed by atoms with Crippen LogP contribution in [0.1, 0.15) is 31.9 Å². The fourth-order valence-corrected chi connectivity index (χ4v) is 2.68. The van der Waals surface area contributed by atoms with Crippen molar-refractivity contribution < 1.29 is 9.84 Å². The van der Waals surface area contributed by atoms with Gasteiger partial charge in [-0.1, -0.05) is 12.1 Å². The average Bonchev–Trinajstić information content (AvgIpc) is 2.68. The highest BCUT2D eigenvalue weighted by atomic mass is 16.5. The molecule has 0 aromatic heterocycles. The molecule has 2 N–H and O–H groups in total. The molecule has 0 bridgehead atoms. The Labute approximate surface area is 121 Å². The molecule has 0 spiro atoms. The first kappa shape index (κ1) is 15.3. The van der Waals surface area contributed by atoms with E-state index in [0.29, 0.717) is 0 Å². The number of aliphatic hydroxyl groups is 1. The van der Waals surface area contributed by atoms with Crippen LogP contribution in [0.4, 0.5) is 0 Å². The van der Waals surface area contributed by atoms with Crippen molar-refractivity contribution in [3.63, 3.8) is 0 Å². The summed E-state index contributed by atoms with van der Waals surface area (Å²) in [7, 11) is 0. The monoisotopic (exact) mass is 278 g/mol. The van der Waals surface area contributed by atoms with Gasteiger partial charge in [0.25, 0.3) is 0 Å². The quantitative estimate of drug-likeness (QED) is 0.862. The molecule has 1 aliphatic rings. The molecule has 112 valence electrons. The summed E-state index contributed by atoms with van der Waals surface area (Å²) < 4.78 is 5.75. The first-order valence-electron chi connectivity index (χ1n) is 7.53. The van der Waals surface area contributed by atoms with Crippen LogP contribution in [-0.2, 0) is 0 Å². The number of benzene rings is 1. The molecule has 4 nitrogen and oxygen atoms in total. The smallest absolute Gasteiger partial charge is 0.120 e. The number of nitrogens with zero attached hydrogens (tertiary/aromatic N) is 1. The third kappa shape index (κ3) is 4.20. The molecule has 4 heteroatoms. The van der Waals surface area contributed by atoms with E-state index in [1.807, 2.05) is 26.0 Å². The summed E-state index contributed by atoms with van der Waals surface area (Å²) >= 11 is 0. The second kappa shape index (κ2) is 7.62. The summed E-state index contributed by atoms with van der Waals surface area (Å²) in [5, 5.41) is 13.2. The third-order valence-corrected chi connectivity index (χ3v) is 3.60. The van der Waals surface area contributed by atoms with Gasteiger partial charge in [0.1, 0.15) is 5.75 Å². The Kier molecular flexibility index (Phi) is 5.83. The number of hydrogen-bond donors (Lipinski definition) is 2. The van der Waals surface area contributed by atoms with Crippen molar-refractivity contribution in [3.05, 3.63) is 29.8 Å². The van der Waals surface area contributed by atoms with E-state index < -0.39 is 0 Å². The molecular weight excluding hydrogens is 252 g/mol. The first-order valence-corrected chi connectivity index (χ1v) is 7.53. The number of ether oxygens (including phenoxy) is 1. The molecule has 1 aliphatic heterocycles. The second-order valence-corrected chi connectivity index (χ2v) is 5.58. The fraction of sp³-hybridized carbons (Fsp3) is 0.625. The Morgan fingerprint density at radius 1 is 1.30 bits per heavy atom. The van der Waals surface area contributed by atoms with Gasteiger partial charge >= 0.3 is 0 Å². The summed E-state index contributed by atoms with van der Waals surface area (Å²) in [4.78, 5) is 2.36. The van der Waals surface area contributed by atoms with E-state index in [2.05, 4.69) is 22.3 Å². The second-order valence-electron chi connectivity index (χ2n) is 5.58. The molecule has 1 aromatic carbocycles. The van der Waals surface area contributed by atoms with Crippen LogP contribution in [0.15, 0.2) is 24.3 Å². The van der Waals surface area contributed by atoms with Crippen molar-refractivity contribution in [2.24, 2.45) is 0 Å². The van der Waals surface area contributed by atoms with Gasteiger partial charge in [0.05, 0.1) is 18.8 Å². The molecular formula is C16H26N2O2. The largest absolute Gasteiger partial charge is 0.491 e. The Morgan fingerprint density at radius 3 is 2.90 bits per heavy atom. The zero-order chi connectivity index (χ0) is 14.4. The van der Waals surface area contributed by atoms with Crippen LogP contribution in [0.2, 0.25) is 0 Å². The summed E-state index contributed by atoms with van der Waals surface area (Å²) in [6, 6.07) is 8.17. The first-order chi connectivity index (χ1) is 9.70. The van der Waals surface area contributed by atoms with Crippen LogP contribution in [0.25, 0.3) is 0 Å². The van der Waals surface area contributed by atoms with Gasteiger partial charge in [-0.3, -0.25) is 4.90 Å². The van der Waals surface area contributed by atoms with E-state index in [9.17, 15) is 5.11 Å². The average molecular weight is 278 g/mol. The number of rotatable bonds is 5. The van der Waals surface area contributed by atoms with Crippen molar-refractivity contribution >= 4 is 0 Å². The standard InChI is InChI=1S/C16H26N2O2/c1-13(2)20-15-6-3-5-14(11-15)16(12-19)18-9-4-7-17-8-10-18/h3,5-6,11,13,16-17,19H,4,7-10,12H2,1-2H3. The van der Waals surface area contributed by atoms with Crippen molar-refractivity contribution in [2.45, 2.75) is 32.4 Å². The molecule has 1 fully saturated rings. The molecule has 1 saturated heterocycles. The zero-order valence-electron chi connectivity index (χ0n) is 12.5. The van der Waals surface area contributed by atoms with Gasteiger partial charge in [-0.2, -0.15) is 0 Å². The van der Waals surface area contributed by atoms with Crippen molar-refractivity contribution in [2.75, 3.05) is 32.8 Å². The zero-order valence-corrected chi connectivity index (χ0v) is 12.5. The lowest BCUT2D eigenvalue weighted by atomic mass is 10.1. The minimum absolute atomic E-state index is 0.0608. The van der Waals surface area contributed by atoms with Crippen molar-refractivity contribution in [3.8, 4) is 5.75 Å². The molecule has 0 amide bonds. The lowest BCUT2D eigenvalue weighted by Gasteiger charge is -2.29. The lowest BCUT2D eigenvalue weighted by molar-refractivity contribution is 0.129. The van der Waals surface area contributed by atoms with Gasteiger partial charge in [0.2, 0.25) is 0 Å². The molecule has 0 saturated carbocycles. The Hall–Kier alpha value is -1.10. The Balaban J connectivity index is 2.13. The van der Waals surface area contributed by atoms with E-state index in [4.69, 9.17) is 4.74 Å². The topological polar surface area (TPSA) is 44.7 Å². The van der Waals surface area contributed by atoms with Crippen LogP contribution < -0.4 is 10.1 Å². The van der Waals surface area contributed by atoms with Gasteiger partial charge < -0.3 is 15.2 Å². The lowest BCUT2D eigenvalue weighted by Crippen LogP contribution is -2.34. The van der Waals surface area contributed by atoms with Gasteiger partial charge in [-0.25, -0.2) is 0 Å². The van der Waals surface area contributed by atoms with Gasteiger partial charge in [-0.15, -0.1) is 0 Å². The van der Waals surface area contributed by atoms with Crippen molar-refractivity contribution in [1.29, 1.82) is 0 Å². The molecule has 1 heterocycles. The van der Waals surface area contributed by atoms with Crippen LogP contribution in [0.5, 0.6) is 5.75 Å². The van der Waals surface area contributed by atoms with Gasteiger partial charge in [-0.05, 0) is 44.5 Å². The molecule has 1 unspecified atom stereocenters. The SMILES string of the molecule is CC(C)Oc1cccc(C(CO)N2CCCNCC2)c1. The fourth-order valence-electron chi connectivity index (χ4n) is 2.68.